The molecule has 1 aliphatic rings. The molecule has 2 atom stereocenters. The Balaban J connectivity index is 0.00000156. The molecule has 0 aliphatic carbocycles. The molecule has 3 rings (SSSR count). The first-order chi connectivity index (χ1) is 11.0. The largest absolute Gasteiger partial charge is 0.340 e. The summed E-state index contributed by atoms with van der Waals surface area (Å²) in [5.74, 6) is 1.63. The Bertz CT molecular complexity index is 714. The van der Waals surface area contributed by atoms with E-state index >= 15 is 0 Å². The van der Waals surface area contributed by atoms with E-state index in [1.165, 1.54) is 5.56 Å². The SMILES string of the molecule is CCc1ccc2nc([C@@H]3CCCN3C(=O)[C@@H](C)C(C)C)[nH]c2c1.S.S. The second-order valence-electron chi connectivity index (χ2n) is 7.05. The number of rotatable bonds is 4. The Hall–Kier alpha value is -1.14. The number of imidazole rings is 1. The van der Waals surface area contributed by atoms with Crippen molar-refractivity contribution in [2.45, 2.75) is 53.0 Å². The van der Waals surface area contributed by atoms with Gasteiger partial charge in [-0.1, -0.05) is 33.8 Å². The summed E-state index contributed by atoms with van der Waals surface area (Å²) in [7, 11) is 0. The van der Waals surface area contributed by atoms with E-state index in [1.807, 2.05) is 11.8 Å². The van der Waals surface area contributed by atoms with Gasteiger partial charge in [-0.05, 0) is 42.9 Å². The first kappa shape index (κ1) is 21.9. The number of aryl methyl sites for hydroxylation is 1. The van der Waals surface area contributed by atoms with Crippen molar-refractivity contribution >= 4 is 43.9 Å². The van der Waals surface area contributed by atoms with Crippen LogP contribution in [-0.2, 0) is 11.2 Å². The van der Waals surface area contributed by atoms with E-state index in [4.69, 9.17) is 4.98 Å². The molecule has 25 heavy (non-hydrogen) atoms. The van der Waals surface area contributed by atoms with Gasteiger partial charge in [0.2, 0.25) is 5.91 Å². The number of fused-ring (bicyclic) bond motifs is 1. The molecule has 0 saturated carbocycles. The van der Waals surface area contributed by atoms with Gasteiger partial charge in [0.1, 0.15) is 5.82 Å². The van der Waals surface area contributed by atoms with Gasteiger partial charge in [-0.3, -0.25) is 4.79 Å². The van der Waals surface area contributed by atoms with Crippen molar-refractivity contribution in [3.63, 3.8) is 0 Å². The first-order valence-corrected chi connectivity index (χ1v) is 8.80. The van der Waals surface area contributed by atoms with Gasteiger partial charge in [0.15, 0.2) is 0 Å². The first-order valence-electron chi connectivity index (χ1n) is 8.80. The van der Waals surface area contributed by atoms with Crippen LogP contribution in [0, 0.1) is 11.8 Å². The number of carbonyl (C=O) groups excluding carboxylic acids is 1. The molecule has 0 radical (unpaired) electrons. The summed E-state index contributed by atoms with van der Waals surface area (Å²) in [5, 5.41) is 0. The summed E-state index contributed by atoms with van der Waals surface area (Å²) in [6.45, 7) is 9.26. The molecule has 0 unspecified atom stereocenters. The molecule has 140 valence electrons. The third kappa shape index (κ3) is 4.34. The monoisotopic (exact) mass is 381 g/mol. The lowest BCUT2D eigenvalue weighted by molar-refractivity contribution is -0.137. The van der Waals surface area contributed by atoms with Crippen LogP contribution in [0.25, 0.3) is 11.0 Å². The predicted molar refractivity (Wildman–Crippen MR) is 114 cm³/mol. The summed E-state index contributed by atoms with van der Waals surface area (Å²) in [6, 6.07) is 6.47. The van der Waals surface area contributed by atoms with Crippen LogP contribution in [0.1, 0.15) is 58.0 Å². The highest BCUT2D eigenvalue weighted by atomic mass is 32.1. The lowest BCUT2D eigenvalue weighted by atomic mass is 9.96. The maximum Gasteiger partial charge on any atom is 0.226 e. The Kier molecular flexibility index (Phi) is 7.88. The van der Waals surface area contributed by atoms with E-state index in [0.29, 0.717) is 5.92 Å². The highest BCUT2D eigenvalue weighted by Gasteiger charge is 2.34. The van der Waals surface area contributed by atoms with Crippen LogP contribution in [-0.4, -0.2) is 27.3 Å². The molecule has 0 spiro atoms. The molecular formula is C19H31N3OS2. The standard InChI is InChI=1S/C19H27N3O.2H2S/c1-5-14-8-9-15-16(11-14)21-18(20-15)17-7-6-10-22(17)19(23)13(4)12(2)3;;/h8-9,11-13,17H,5-7,10H2,1-4H3,(H,20,21);2*1H2/t13-,17-;;/m0../s1. The van der Waals surface area contributed by atoms with Crippen LogP contribution in [0.5, 0.6) is 0 Å². The lowest BCUT2D eigenvalue weighted by Gasteiger charge is -2.27. The smallest absolute Gasteiger partial charge is 0.226 e. The topological polar surface area (TPSA) is 49.0 Å². The molecule has 6 heteroatoms. The van der Waals surface area contributed by atoms with Gasteiger partial charge in [0.05, 0.1) is 17.1 Å². The fraction of sp³-hybridized carbons (Fsp3) is 0.579. The number of benzene rings is 1. The summed E-state index contributed by atoms with van der Waals surface area (Å²) in [4.78, 5) is 23.0. The summed E-state index contributed by atoms with van der Waals surface area (Å²) in [5.41, 5.74) is 3.38. The van der Waals surface area contributed by atoms with Gasteiger partial charge >= 0.3 is 0 Å². The number of nitrogens with zero attached hydrogens (tertiary/aromatic N) is 2. The van der Waals surface area contributed by atoms with E-state index in [2.05, 4.69) is 44.0 Å². The zero-order valence-electron chi connectivity index (χ0n) is 15.6. The average Bonchev–Trinajstić information content (AvgIpc) is 3.18. The zero-order valence-corrected chi connectivity index (χ0v) is 17.6. The molecule has 1 N–H and O–H groups in total. The van der Waals surface area contributed by atoms with Crippen LogP contribution in [0.3, 0.4) is 0 Å². The number of amides is 1. The quantitative estimate of drug-likeness (QED) is 0.858. The number of H-pyrrole nitrogens is 1. The molecular weight excluding hydrogens is 350 g/mol. The van der Waals surface area contributed by atoms with Crippen molar-refractivity contribution in [2.75, 3.05) is 6.54 Å². The van der Waals surface area contributed by atoms with Crippen molar-refractivity contribution < 1.29 is 4.79 Å². The Morgan fingerprint density at radius 1 is 1.32 bits per heavy atom. The van der Waals surface area contributed by atoms with Crippen molar-refractivity contribution in [1.29, 1.82) is 0 Å². The lowest BCUT2D eigenvalue weighted by Crippen LogP contribution is -2.36. The van der Waals surface area contributed by atoms with Crippen LogP contribution in [0.15, 0.2) is 18.2 Å². The highest BCUT2D eigenvalue weighted by Crippen LogP contribution is 2.33. The molecule has 1 aromatic heterocycles. The Morgan fingerprint density at radius 2 is 2.04 bits per heavy atom. The van der Waals surface area contributed by atoms with Gasteiger partial charge in [-0.15, -0.1) is 0 Å². The normalized spacial score (nSPS) is 18.1. The number of aromatic nitrogens is 2. The molecule has 1 aromatic carbocycles. The molecule has 1 saturated heterocycles. The summed E-state index contributed by atoms with van der Waals surface area (Å²) >= 11 is 0. The fourth-order valence-electron chi connectivity index (χ4n) is 3.32. The van der Waals surface area contributed by atoms with Crippen LogP contribution in [0.4, 0.5) is 0 Å². The summed E-state index contributed by atoms with van der Waals surface area (Å²) in [6.07, 6.45) is 3.07. The van der Waals surface area contributed by atoms with Crippen molar-refractivity contribution in [2.24, 2.45) is 11.8 Å². The van der Waals surface area contributed by atoms with Crippen molar-refractivity contribution in [3.05, 3.63) is 29.6 Å². The minimum Gasteiger partial charge on any atom is -0.340 e. The molecule has 1 amide bonds. The molecule has 4 nitrogen and oxygen atoms in total. The second kappa shape index (κ2) is 8.99. The molecule has 2 aromatic rings. The zero-order chi connectivity index (χ0) is 16.6. The van der Waals surface area contributed by atoms with Crippen LogP contribution in [0.2, 0.25) is 0 Å². The average molecular weight is 382 g/mol. The number of nitrogens with one attached hydrogen (secondary N) is 1. The number of carbonyl (C=O) groups is 1. The van der Waals surface area contributed by atoms with E-state index in [9.17, 15) is 4.79 Å². The minimum atomic E-state index is 0. The fourth-order valence-corrected chi connectivity index (χ4v) is 3.32. The van der Waals surface area contributed by atoms with Gasteiger partial charge in [0.25, 0.3) is 0 Å². The predicted octanol–water partition coefficient (Wildman–Crippen LogP) is 4.31. The van der Waals surface area contributed by atoms with Crippen LogP contribution < -0.4 is 0 Å². The summed E-state index contributed by atoms with van der Waals surface area (Å²) < 4.78 is 0. The van der Waals surface area contributed by atoms with E-state index < -0.39 is 0 Å². The Labute approximate surface area is 164 Å². The second-order valence-corrected chi connectivity index (χ2v) is 7.05. The molecule has 2 heterocycles. The number of hydrogen-bond acceptors (Lipinski definition) is 2. The number of aromatic amines is 1. The highest BCUT2D eigenvalue weighted by molar-refractivity contribution is 7.59. The van der Waals surface area contributed by atoms with Crippen molar-refractivity contribution in [1.82, 2.24) is 14.9 Å². The molecule has 0 bridgehead atoms. The van der Waals surface area contributed by atoms with Crippen LogP contribution >= 0.6 is 27.0 Å². The van der Waals surface area contributed by atoms with Crippen molar-refractivity contribution in [3.8, 4) is 0 Å². The Morgan fingerprint density at radius 3 is 2.68 bits per heavy atom. The third-order valence-electron chi connectivity index (χ3n) is 5.21. The number of likely N-dealkylation sites (tertiary alicyclic amines) is 1. The van der Waals surface area contributed by atoms with E-state index in [-0.39, 0.29) is 44.9 Å². The van der Waals surface area contributed by atoms with E-state index in [0.717, 1.165) is 42.7 Å². The van der Waals surface area contributed by atoms with Gasteiger partial charge in [-0.25, -0.2) is 4.98 Å². The number of hydrogen-bond donors (Lipinski definition) is 1. The molecule has 1 fully saturated rings. The third-order valence-corrected chi connectivity index (χ3v) is 5.21. The van der Waals surface area contributed by atoms with Gasteiger partial charge in [0, 0.05) is 12.5 Å². The maximum absolute atomic E-state index is 12.8. The maximum atomic E-state index is 12.8. The van der Waals surface area contributed by atoms with Gasteiger partial charge < -0.3 is 9.88 Å². The molecule has 1 aliphatic heterocycles. The van der Waals surface area contributed by atoms with E-state index in [1.54, 1.807) is 0 Å². The van der Waals surface area contributed by atoms with Gasteiger partial charge in [-0.2, -0.15) is 27.0 Å². The minimum absolute atomic E-state index is 0.